The quantitative estimate of drug-likeness (QED) is 0.146. The van der Waals surface area contributed by atoms with Gasteiger partial charge in [0.1, 0.15) is 27.5 Å². The van der Waals surface area contributed by atoms with Crippen LogP contribution in [0.25, 0.3) is 0 Å². The molecule has 0 spiro atoms. The summed E-state index contributed by atoms with van der Waals surface area (Å²) in [6, 6.07) is 8.12. The van der Waals surface area contributed by atoms with Crippen molar-refractivity contribution in [1.82, 2.24) is 0 Å². The lowest BCUT2D eigenvalue weighted by Gasteiger charge is -2.22. The number of pyridine rings is 1. The second kappa shape index (κ2) is 13.2. The molecule has 1 fully saturated rings. The van der Waals surface area contributed by atoms with Gasteiger partial charge < -0.3 is 24.2 Å². The van der Waals surface area contributed by atoms with Gasteiger partial charge >= 0.3 is 12.6 Å². The average molecular weight is 647 g/mol. The maximum absolute atomic E-state index is 13.5. The number of hydrogen-bond donors (Lipinski definition) is 1. The van der Waals surface area contributed by atoms with Gasteiger partial charge in [0.25, 0.3) is 0 Å². The van der Waals surface area contributed by atoms with Crippen LogP contribution in [0.5, 0.6) is 17.2 Å². The molecule has 10 nitrogen and oxygen atoms in total. The van der Waals surface area contributed by atoms with Crippen LogP contribution in [0, 0.1) is 11.1 Å². The third kappa shape index (κ3) is 8.49. The number of ether oxygens (including phenoxy) is 4. The molecule has 0 aliphatic heterocycles. The van der Waals surface area contributed by atoms with E-state index in [9.17, 15) is 27.2 Å². The number of alkyl halides is 2. The summed E-state index contributed by atoms with van der Waals surface area (Å²) in [5.74, 6) is -0.716. The first kappa shape index (κ1) is 31.4. The van der Waals surface area contributed by atoms with Crippen molar-refractivity contribution < 1.29 is 45.7 Å². The fraction of sp³-hybridized carbons (Fsp3) is 0.333. The van der Waals surface area contributed by atoms with E-state index in [1.165, 1.54) is 43.5 Å². The van der Waals surface area contributed by atoms with Crippen LogP contribution in [0.3, 0.4) is 0 Å². The Morgan fingerprint density at radius 2 is 1.76 bits per heavy atom. The Labute approximate surface area is 250 Å². The van der Waals surface area contributed by atoms with Crippen molar-refractivity contribution in [3.63, 3.8) is 0 Å². The number of esters is 1. The standard InChI is InChI=1S/C27H26Cl2F2N2O8S/c1-38-22-8-6-17(32-42(2,36)37)10-19(22)26(34)40-24(11-18-20(28)12-33(35)13-21(18)29)16-5-7-23(41-27(30)31)25(9-16)39-14-15-3-4-15/h5-10,12-13,15,24,27,32H,3-4,11,14H2,1-2H3/t24-/m0/s1. The van der Waals surface area contributed by atoms with Crippen molar-refractivity contribution in [2.75, 3.05) is 24.7 Å². The van der Waals surface area contributed by atoms with E-state index in [1.807, 2.05) is 0 Å². The number of benzene rings is 2. The van der Waals surface area contributed by atoms with Gasteiger partial charge in [0.2, 0.25) is 10.0 Å². The highest BCUT2D eigenvalue weighted by atomic mass is 35.5. The summed E-state index contributed by atoms with van der Waals surface area (Å²) < 4.78 is 73.9. The second-order valence-corrected chi connectivity index (χ2v) is 12.1. The van der Waals surface area contributed by atoms with Crippen LogP contribution >= 0.6 is 23.2 Å². The molecule has 0 saturated heterocycles. The van der Waals surface area contributed by atoms with Crippen molar-refractivity contribution in [3.8, 4) is 17.2 Å². The number of aromatic nitrogens is 1. The Morgan fingerprint density at radius 3 is 2.36 bits per heavy atom. The topological polar surface area (TPSA) is 127 Å². The molecule has 2 aromatic carbocycles. The highest BCUT2D eigenvalue weighted by Gasteiger charge is 2.28. The van der Waals surface area contributed by atoms with E-state index in [-0.39, 0.29) is 57.1 Å². The maximum Gasteiger partial charge on any atom is 0.387 e. The molecule has 1 aliphatic carbocycles. The van der Waals surface area contributed by atoms with Gasteiger partial charge in [-0.2, -0.15) is 13.5 Å². The molecule has 4 rings (SSSR count). The number of nitrogens with one attached hydrogen (secondary N) is 1. The van der Waals surface area contributed by atoms with Gasteiger partial charge in [-0.05, 0) is 54.7 Å². The van der Waals surface area contributed by atoms with Crippen molar-refractivity contribution >= 4 is 44.9 Å². The summed E-state index contributed by atoms with van der Waals surface area (Å²) in [5, 5.41) is 11.8. The van der Waals surface area contributed by atoms with Crippen LogP contribution in [0.2, 0.25) is 10.0 Å². The van der Waals surface area contributed by atoms with Gasteiger partial charge in [-0.1, -0.05) is 29.3 Å². The highest BCUT2D eigenvalue weighted by Crippen LogP contribution is 2.38. The van der Waals surface area contributed by atoms with E-state index in [1.54, 1.807) is 0 Å². The summed E-state index contributed by atoms with van der Waals surface area (Å²) in [7, 11) is -2.34. The minimum atomic E-state index is -3.66. The number of hydrogen-bond acceptors (Lipinski definition) is 8. The summed E-state index contributed by atoms with van der Waals surface area (Å²) in [4.78, 5) is 13.5. The summed E-state index contributed by atoms with van der Waals surface area (Å²) in [5.41, 5.74) is 0.559. The minimum Gasteiger partial charge on any atom is -0.619 e. The third-order valence-electron chi connectivity index (χ3n) is 6.15. The lowest BCUT2D eigenvalue weighted by molar-refractivity contribution is -0.605. The summed E-state index contributed by atoms with van der Waals surface area (Å²) >= 11 is 12.6. The fourth-order valence-electron chi connectivity index (χ4n) is 4.00. The number of anilines is 1. The Morgan fingerprint density at radius 1 is 1.10 bits per heavy atom. The van der Waals surface area contributed by atoms with E-state index in [0.717, 1.165) is 31.5 Å². The first-order valence-corrected chi connectivity index (χ1v) is 15.1. The molecular weight excluding hydrogens is 621 g/mol. The molecule has 1 saturated carbocycles. The lowest BCUT2D eigenvalue weighted by Crippen LogP contribution is -2.25. The van der Waals surface area contributed by atoms with Crippen LogP contribution < -0.4 is 23.7 Å². The molecule has 0 amide bonds. The summed E-state index contributed by atoms with van der Waals surface area (Å²) in [6.07, 6.45) is 3.73. The zero-order valence-corrected chi connectivity index (χ0v) is 24.6. The van der Waals surface area contributed by atoms with Crippen molar-refractivity contribution in [2.45, 2.75) is 32.0 Å². The molecule has 1 aromatic heterocycles. The van der Waals surface area contributed by atoms with E-state index in [2.05, 4.69) is 9.46 Å². The molecule has 0 unspecified atom stereocenters. The number of methoxy groups -OCH3 is 1. The molecule has 0 radical (unpaired) electrons. The molecule has 0 bridgehead atoms. The van der Waals surface area contributed by atoms with Crippen LogP contribution in [-0.2, 0) is 21.2 Å². The third-order valence-corrected chi connectivity index (χ3v) is 7.40. The number of halogens is 4. The SMILES string of the molecule is COc1ccc(NS(C)(=O)=O)cc1C(=O)O[C@@H](Cc1c(Cl)c[n+]([O-])cc1Cl)c1ccc(OC(F)F)c(OCC2CC2)c1. The Bertz CT molecular complexity index is 1550. The first-order valence-electron chi connectivity index (χ1n) is 12.5. The molecule has 3 aromatic rings. The Balaban J connectivity index is 1.74. The number of carbonyl (C=O) groups excluding carboxylic acids is 1. The van der Waals surface area contributed by atoms with E-state index < -0.39 is 28.7 Å². The zero-order valence-electron chi connectivity index (χ0n) is 22.3. The zero-order chi connectivity index (χ0) is 30.6. The summed E-state index contributed by atoms with van der Waals surface area (Å²) in [6.45, 7) is -2.82. The monoisotopic (exact) mass is 646 g/mol. The molecule has 15 heteroatoms. The van der Waals surface area contributed by atoms with Crippen molar-refractivity contribution in [2.24, 2.45) is 5.92 Å². The van der Waals surface area contributed by atoms with Gasteiger partial charge in [0.05, 0.1) is 20.0 Å². The largest absolute Gasteiger partial charge is 0.619 e. The van der Waals surface area contributed by atoms with Crippen LogP contribution in [0.15, 0.2) is 48.8 Å². The van der Waals surface area contributed by atoms with Crippen LogP contribution in [0.1, 0.15) is 40.4 Å². The van der Waals surface area contributed by atoms with Crippen LogP contribution in [0.4, 0.5) is 14.5 Å². The van der Waals surface area contributed by atoms with Gasteiger partial charge in [-0.15, -0.1) is 0 Å². The van der Waals surface area contributed by atoms with Crippen molar-refractivity contribution in [3.05, 3.63) is 80.7 Å². The molecular formula is C27H26Cl2F2N2O8S. The molecule has 1 heterocycles. The van der Waals surface area contributed by atoms with Gasteiger partial charge in [-0.3, -0.25) is 4.72 Å². The van der Waals surface area contributed by atoms with Gasteiger partial charge in [-0.25, -0.2) is 13.2 Å². The number of nitrogens with zero attached hydrogens (tertiary/aromatic N) is 1. The Kier molecular flexibility index (Phi) is 9.85. The lowest BCUT2D eigenvalue weighted by atomic mass is 10.0. The predicted molar refractivity (Wildman–Crippen MR) is 150 cm³/mol. The molecule has 1 atom stereocenters. The van der Waals surface area contributed by atoms with Crippen LogP contribution in [-0.4, -0.2) is 41.0 Å². The molecule has 42 heavy (non-hydrogen) atoms. The second-order valence-electron chi connectivity index (χ2n) is 9.52. The van der Waals surface area contributed by atoms with E-state index >= 15 is 0 Å². The fourth-order valence-corrected chi connectivity index (χ4v) is 5.15. The van der Waals surface area contributed by atoms with Gasteiger partial charge in [0.15, 0.2) is 23.9 Å². The minimum absolute atomic E-state index is 0.00154. The van der Waals surface area contributed by atoms with E-state index in [4.69, 9.17) is 37.4 Å². The van der Waals surface area contributed by atoms with Gasteiger partial charge in [0, 0.05) is 17.7 Å². The molecule has 1 N–H and O–H groups in total. The smallest absolute Gasteiger partial charge is 0.387 e. The molecule has 226 valence electrons. The van der Waals surface area contributed by atoms with E-state index in [0.29, 0.717) is 16.2 Å². The van der Waals surface area contributed by atoms with Crippen molar-refractivity contribution in [1.29, 1.82) is 0 Å². The average Bonchev–Trinajstić information content (AvgIpc) is 3.72. The number of carbonyl (C=O) groups is 1. The predicted octanol–water partition coefficient (Wildman–Crippen LogP) is 5.54. The first-order chi connectivity index (χ1) is 19.8. The molecule has 1 aliphatic rings. The normalized spacial score (nSPS) is 13.9. The number of rotatable bonds is 13. The Hall–Kier alpha value is -3.55. The highest BCUT2D eigenvalue weighted by molar-refractivity contribution is 7.92. The maximum atomic E-state index is 13.5. The number of sulfonamides is 1.